The monoisotopic (exact) mass is 427 g/mol. The number of hydrogen-bond acceptors (Lipinski definition) is 4. The maximum atomic E-state index is 8.40. The molecule has 2 aromatic carbocycles. The SMILES string of the molecule is Cc1nnc2n1-c1ccc(C#CCCN=[N+]=[N-])cc1C(c1ccc(Cl)cc1)=NC21CC1. The molecule has 1 aliphatic carbocycles. The van der Waals surface area contributed by atoms with Crippen molar-refractivity contribution in [1.29, 1.82) is 0 Å². The van der Waals surface area contributed by atoms with Crippen molar-refractivity contribution in [3.8, 4) is 17.5 Å². The van der Waals surface area contributed by atoms with Crippen molar-refractivity contribution in [2.45, 2.75) is 31.7 Å². The van der Waals surface area contributed by atoms with Crippen molar-refractivity contribution >= 4 is 17.3 Å². The third-order valence-electron chi connectivity index (χ3n) is 5.53. The molecule has 31 heavy (non-hydrogen) atoms. The Morgan fingerprint density at radius 1 is 1.19 bits per heavy atom. The first-order valence-corrected chi connectivity index (χ1v) is 10.4. The van der Waals surface area contributed by atoms with Crippen LogP contribution in [0.5, 0.6) is 0 Å². The summed E-state index contributed by atoms with van der Waals surface area (Å²) in [7, 11) is 0. The van der Waals surface area contributed by atoms with Gasteiger partial charge in [-0.1, -0.05) is 40.7 Å². The van der Waals surface area contributed by atoms with Crippen molar-refractivity contribution in [2.24, 2.45) is 10.1 Å². The Kier molecular flexibility index (Phi) is 4.74. The number of hydrogen-bond donors (Lipinski definition) is 0. The molecule has 1 aromatic heterocycles. The van der Waals surface area contributed by atoms with Crippen LogP contribution in [0.25, 0.3) is 16.1 Å². The van der Waals surface area contributed by atoms with Crippen LogP contribution in [0.4, 0.5) is 0 Å². The van der Waals surface area contributed by atoms with Gasteiger partial charge in [-0.3, -0.25) is 9.56 Å². The van der Waals surface area contributed by atoms with Crippen LogP contribution >= 0.6 is 11.6 Å². The van der Waals surface area contributed by atoms with Gasteiger partial charge in [0.2, 0.25) is 0 Å². The van der Waals surface area contributed by atoms with E-state index >= 15 is 0 Å². The number of benzene rings is 2. The molecular weight excluding hydrogens is 410 g/mol. The molecule has 1 fully saturated rings. The molecule has 2 heterocycles. The highest BCUT2D eigenvalue weighted by atomic mass is 35.5. The number of aromatic nitrogens is 3. The van der Waals surface area contributed by atoms with E-state index in [1.54, 1.807) is 0 Å². The third-order valence-corrected chi connectivity index (χ3v) is 5.79. The quantitative estimate of drug-likeness (QED) is 0.191. The molecule has 152 valence electrons. The van der Waals surface area contributed by atoms with Crippen LogP contribution in [0, 0.1) is 18.8 Å². The maximum absolute atomic E-state index is 8.40. The minimum Gasteiger partial charge on any atom is -0.280 e. The van der Waals surface area contributed by atoms with Gasteiger partial charge in [0.05, 0.1) is 11.4 Å². The molecule has 2 aliphatic rings. The largest absolute Gasteiger partial charge is 0.280 e. The number of aryl methyl sites for hydroxylation is 1. The zero-order valence-electron chi connectivity index (χ0n) is 16.9. The van der Waals surface area contributed by atoms with E-state index in [1.807, 2.05) is 37.3 Å². The van der Waals surface area contributed by atoms with Gasteiger partial charge >= 0.3 is 0 Å². The van der Waals surface area contributed by atoms with Crippen LogP contribution < -0.4 is 0 Å². The first kappa shape index (κ1) is 19.4. The smallest absolute Gasteiger partial charge is 0.165 e. The highest BCUT2D eigenvalue weighted by molar-refractivity contribution is 6.30. The van der Waals surface area contributed by atoms with Crippen LogP contribution in [0.3, 0.4) is 0 Å². The topological polar surface area (TPSA) is 91.8 Å². The van der Waals surface area contributed by atoms with Gasteiger partial charge in [0, 0.05) is 39.6 Å². The lowest BCUT2D eigenvalue weighted by molar-refractivity contribution is 0.659. The van der Waals surface area contributed by atoms with E-state index in [-0.39, 0.29) is 5.54 Å². The summed E-state index contributed by atoms with van der Waals surface area (Å²) in [5, 5.41) is 13.0. The number of aliphatic imine (C=N–C) groups is 1. The number of azide groups is 1. The normalized spacial score (nSPS) is 15.0. The molecule has 0 saturated heterocycles. The van der Waals surface area contributed by atoms with E-state index in [0.29, 0.717) is 18.0 Å². The van der Waals surface area contributed by atoms with Crippen LogP contribution in [-0.2, 0) is 5.54 Å². The molecule has 0 bridgehead atoms. The lowest BCUT2D eigenvalue weighted by Crippen LogP contribution is -2.11. The second-order valence-electron chi connectivity index (χ2n) is 7.64. The minimum absolute atomic E-state index is 0.337. The molecule has 0 N–H and O–H groups in total. The molecule has 0 radical (unpaired) electrons. The molecule has 7 nitrogen and oxygen atoms in total. The van der Waals surface area contributed by atoms with Crippen molar-refractivity contribution in [1.82, 2.24) is 14.8 Å². The molecule has 1 aliphatic heterocycles. The molecule has 1 spiro atoms. The van der Waals surface area contributed by atoms with Gasteiger partial charge < -0.3 is 0 Å². The third kappa shape index (κ3) is 3.46. The van der Waals surface area contributed by atoms with Crippen LogP contribution in [0.1, 0.15) is 47.6 Å². The number of nitrogens with zero attached hydrogens (tertiary/aromatic N) is 7. The van der Waals surface area contributed by atoms with E-state index in [4.69, 9.17) is 22.1 Å². The number of halogens is 1. The summed E-state index contributed by atoms with van der Waals surface area (Å²) in [6.07, 6.45) is 2.40. The summed E-state index contributed by atoms with van der Waals surface area (Å²) in [5.74, 6) is 7.97. The van der Waals surface area contributed by atoms with Gasteiger partial charge in [0.25, 0.3) is 0 Å². The maximum Gasteiger partial charge on any atom is 0.165 e. The molecule has 0 amide bonds. The van der Waals surface area contributed by atoms with E-state index in [0.717, 1.165) is 52.6 Å². The fourth-order valence-corrected chi connectivity index (χ4v) is 4.00. The molecule has 0 unspecified atom stereocenters. The van der Waals surface area contributed by atoms with Gasteiger partial charge in [-0.25, -0.2) is 0 Å². The lowest BCUT2D eigenvalue weighted by atomic mass is 9.98. The van der Waals surface area contributed by atoms with E-state index in [1.165, 1.54) is 0 Å². The average molecular weight is 428 g/mol. The minimum atomic E-state index is -0.337. The Morgan fingerprint density at radius 2 is 2.00 bits per heavy atom. The van der Waals surface area contributed by atoms with E-state index in [9.17, 15) is 0 Å². The lowest BCUT2D eigenvalue weighted by Gasteiger charge is -2.13. The zero-order chi connectivity index (χ0) is 21.4. The number of fused-ring (bicyclic) bond motifs is 4. The Bertz CT molecular complexity index is 1310. The second kappa shape index (κ2) is 7.59. The Hall–Kier alpha value is -3.59. The zero-order valence-corrected chi connectivity index (χ0v) is 17.6. The Labute approximate surface area is 184 Å². The molecule has 1 saturated carbocycles. The van der Waals surface area contributed by atoms with Crippen LogP contribution in [0.15, 0.2) is 52.6 Å². The fourth-order valence-electron chi connectivity index (χ4n) is 3.87. The summed E-state index contributed by atoms with van der Waals surface area (Å²) >= 11 is 6.14. The van der Waals surface area contributed by atoms with Gasteiger partial charge in [0.15, 0.2) is 5.82 Å². The standard InChI is InChI=1S/C23H18ClN7/c1-15-28-29-22-23(11-12-23)27-21(17-6-8-18(24)9-7-17)19-14-16(4-2-3-13-26-30-25)5-10-20(19)31(15)22/h5-10,14H,3,11-13H2,1H3. The molecular formula is C23H18ClN7. The van der Waals surface area contributed by atoms with Crippen molar-refractivity contribution in [3.05, 3.63) is 86.3 Å². The van der Waals surface area contributed by atoms with Gasteiger partial charge in [-0.05, 0) is 55.6 Å². The Morgan fingerprint density at radius 3 is 2.74 bits per heavy atom. The second-order valence-corrected chi connectivity index (χ2v) is 8.08. The highest BCUT2D eigenvalue weighted by Gasteiger charge is 2.51. The Balaban J connectivity index is 1.68. The summed E-state index contributed by atoms with van der Waals surface area (Å²) in [6.45, 7) is 2.32. The molecule has 5 rings (SSSR count). The van der Waals surface area contributed by atoms with Crippen molar-refractivity contribution < 1.29 is 0 Å². The summed E-state index contributed by atoms with van der Waals surface area (Å²) in [5.41, 5.74) is 12.8. The first-order valence-electron chi connectivity index (χ1n) is 10.0. The average Bonchev–Trinajstić information content (AvgIpc) is 3.48. The highest BCUT2D eigenvalue weighted by Crippen LogP contribution is 2.51. The molecule has 3 aromatic rings. The van der Waals surface area contributed by atoms with Crippen LogP contribution in [-0.4, -0.2) is 27.0 Å². The molecule has 8 heteroatoms. The summed E-state index contributed by atoms with van der Waals surface area (Å²) in [6, 6.07) is 13.9. The van der Waals surface area contributed by atoms with Gasteiger partial charge in [-0.2, -0.15) is 0 Å². The van der Waals surface area contributed by atoms with Crippen LogP contribution in [0.2, 0.25) is 5.02 Å². The molecule has 0 atom stereocenters. The first-order chi connectivity index (χ1) is 15.1. The van der Waals surface area contributed by atoms with Crippen molar-refractivity contribution in [3.63, 3.8) is 0 Å². The number of rotatable bonds is 3. The predicted octanol–water partition coefficient (Wildman–Crippen LogP) is 5.12. The van der Waals surface area contributed by atoms with Gasteiger partial charge in [-0.15, -0.1) is 10.2 Å². The van der Waals surface area contributed by atoms with E-state index in [2.05, 4.69) is 48.8 Å². The fraction of sp³-hybridized carbons (Fsp3) is 0.261. The van der Waals surface area contributed by atoms with Crippen molar-refractivity contribution in [2.75, 3.05) is 6.54 Å². The van der Waals surface area contributed by atoms with E-state index < -0.39 is 0 Å². The summed E-state index contributed by atoms with van der Waals surface area (Å²) in [4.78, 5) is 7.98. The summed E-state index contributed by atoms with van der Waals surface area (Å²) < 4.78 is 2.12. The van der Waals surface area contributed by atoms with Gasteiger partial charge in [0.1, 0.15) is 11.4 Å². The predicted molar refractivity (Wildman–Crippen MR) is 120 cm³/mol.